The zero-order valence-electron chi connectivity index (χ0n) is 15.9. The molecule has 0 saturated heterocycles. The first kappa shape index (κ1) is 18.2. The van der Waals surface area contributed by atoms with Crippen LogP contribution >= 0.6 is 0 Å². The van der Waals surface area contributed by atoms with Crippen LogP contribution < -0.4 is 5.32 Å². The van der Waals surface area contributed by atoms with Crippen LogP contribution in [0.25, 0.3) is 10.8 Å². The van der Waals surface area contributed by atoms with Gasteiger partial charge in [-0.25, -0.2) is 0 Å². The fourth-order valence-corrected chi connectivity index (χ4v) is 4.51. The van der Waals surface area contributed by atoms with Crippen molar-refractivity contribution in [2.24, 2.45) is 0 Å². The molecule has 1 fully saturated rings. The van der Waals surface area contributed by atoms with E-state index in [1.54, 1.807) is 0 Å². The van der Waals surface area contributed by atoms with Gasteiger partial charge >= 0.3 is 0 Å². The number of hydrogen-bond donors (Lipinski definition) is 2. The molecule has 1 aliphatic rings. The van der Waals surface area contributed by atoms with Crippen molar-refractivity contribution in [3.05, 3.63) is 83.9 Å². The molecule has 2 N–H and O–H groups in total. The van der Waals surface area contributed by atoms with E-state index in [0.29, 0.717) is 0 Å². The molecule has 2 nitrogen and oxygen atoms in total. The average Bonchev–Trinajstić information content (AvgIpc) is 2.72. The van der Waals surface area contributed by atoms with Gasteiger partial charge in [-0.3, -0.25) is 0 Å². The predicted octanol–water partition coefficient (Wildman–Crippen LogP) is 5.65. The Kier molecular flexibility index (Phi) is 5.56. The molecule has 0 aromatic heterocycles. The molecule has 3 aromatic rings. The summed E-state index contributed by atoms with van der Waals surface area (Å²) in [6, 6.07) is 25.7. The van der Waals surface area contributed by atoms with E-state index in [4.69, 9.17) is 0 Å². The van der Waals surface area contributed by atoms with Gasteiger partial charge in [-0.1, -0.05) is 92.1 Å². The van der Waals surface area contributed by atoms with E-state index < -0.39 is 5.60 Å². The van der Waals surface area contributed by atoms with Gasteiger partial charge in [-0.2, -0.15) is 0 Å². The van der Waals surface area contributed by atoms with Gasteiger partial charge in [-0.15, -0.1) is 0 Å². The van der Waals surface area contributed by atoms with Gasteiger partial charge in [0, 0.05) is 20.4 Å². The molecule has 1 saturated carbocycles. The van der Waals surface area contributed by atoms with Crippen LogP contribution in [0.3, 0.4) is 0 Å². The minimum absolute atomic E-state index is 0. The lowest BCUT2D eigenvalue weighted by atomic mass is 9.72. The fraction of sp³-hybridized carbons (Fsp3) is 0.360. The van der Waals surface area contributed by atoms with E-state index in [9.17, 15) is 5.11 Å². The minimum Gasteiger partial charge on any atom is -0.389 e. The SMILES string of the molecule is OC1(C(CNCc2ccccc2)c2ccc3ccccc3c2)CCCCC1.[HH]. The standard InChI is InChI=1S/C25H29NO.H2/c27-25(15-7-2-8-16-25)24(19-26-18-20-9-3-1-4-10-20)23-14-13-21-11-5-6-12-22(21)17-23;/h1,3-6,9-14,17,24,26-27H,2,7-8,15-16,18-19H2;1H. The quantitative estimate of drug-likeness (QED) is 0.594. The van der Waals surface area contributed by atoms with Crippen molar-refractivity contribution in [1.82, 2.24) is 5.32 Å². The molecular weight excluding hydrogens is 330 g/mol. The number of fused-ring (bicyclic) bond motifs is 1. The zero-order chi connectivity index (χ0) is 18.5. The number of hydrogen-bond acceptors (Lipinski definition) is 2. The first-order valence-corrected chi connectivity index (χ1v) is 10.2. The molecule has 4 rings (SSSR count). The van der Waals surface area contributed by atoms with Crippen molar-refractivity contribution in [2.75, 3.05) is 6.54 Å². The average molecular weight is 362 g/mol. The summed E-state index contributed by atoms with van der Waals surface area (Å²) in [5.41, 5.74) is 1.92. The van der Waals surface area contributed by atoms with E-state index in [-0.39, 0.29) is 7.34 Å². The maximum atomic E-state index is 11.5. The Labute approximate surface area is 163 Å². The van der Waals surface area contributed by atoms with E-state index in [1.807, 2.05) is 6.07 Å². The third-order valence-corrected chi connectivity index (χ3v) is 6.06. The maximum Gasteiger partial charge on any atom is 0.0728 e. The van der Waals surface area contributed by atoms with Crippen LogP contribution in [0.5, 0.6) is 0 Å². The molecule has 0 bridgehead atoms. The lowest BCUT2D eigenvalue weighted by Gasteiger charge is -2.40. The summed E-state index contributed by atoms with van der Waals surface area (Å²) in [5.74, 6) is 0.117. The maximum absolute atomic E-state index is 11.5. The Balaban J connectivity index is 0.00000225. The van der Waals surface area contributed by atoms with Gasteiger partial charge < -0.3 is 10.4 Å². The Hall–Kier alpha value is -2.16. The van der Waals surface area contributed by atoms with Gasteiger partial charge in [0.15, 0.2) is 0 Å². The third-order valence-electron chi connectivity index (χ3n) is 6.06. The second kappa shape index (κ2) is 8.24. The van der Waals surface area contributed by atoms with E-state index >= 15 is 0 Å². The fourth-order valence-electron chi connectivity index (χ4n) is 4.51. The van der Waals surface area contributed by atoms with Crippen LogP contribution in [0.4, 0.5) is 0 Å². The molecule has 0 amide bonds. The topological polar surface area (TPSA) is 32.3 Å². The number of benzene rings is 3. The Morgan fingerprint density at radius 1 is 0.852 bits per heavy atom. The summed E-state index contributed by atoms with van der Waals surface area (Å²) in [4.78, 5) is 0. The predicted molar refractivity (Wildman–Crippen MR) is 115 cm³/mol. The van der Waals surface area contributed by atoms with Gasteiger partial charge in [0.05, 0.1) is 5.60 Å². The van der Waals surface area contributed by atoms with Gasteiger partial charge in [-0.05, 0) is 34.7 Å². The lowest BCUT2D eigenvalue weighted by Crippen LogP contribution is -2.43. The van der Waals surface area contributed by atoms with Crippen LogP contribution in [0.15, 0.2) is 72.8 Å². The monoisotopic (exact) mass is 361 g/mol. The summed E-state index contributed by atoms with van der Waals surface area (Å²) >= 11 is 0. The van der Waals surface area contributed by atoms with Crippen LogP contribution in [0.2, 0.25) is 0 Å². The second-order valence-electron chi connectivity index (χ2n) is 7.94. The molecule has 0 heterocycles. The van der Waals surface area contributed by atoms with Crippen molar-refractivity contribution >= 4 is 10.8 Å². The molecular formula is C25H31NO. The Bertz CT molecular complexity index is 874. The molecule has 142 valence electrons. The molecule has 0 radical (unpaired) electrons. The van der Waals surface area contributed by atoms with Gasteiger partial charge in [0.2, 0.25) is 0 Å². The molecule has 0 aliphatic heterocycles. The summed E-state index contributed by atoms with van der Waals surface area (Å²) in [5, 5.41) is 17.6. The molecule has 3 aromatic carbocycles. The van der Waals surface area contributed by atoms with E-state index in [0.717, 1.165) is 38.8 Å². The van der Waals surface area contributed by atoms with Crippen molar-refractivity contribution in [2.45, 2.75) is 50.2 Å². The summed E-state index contributed by atoms with van der Waals surface area (Å²) in [6.07, 6.45) is 5.29. The highest BCUT2D eigenvalue weighted by molar-refractivity contribution is 5.83. The molecule has 1 unspecified atom stereocenters. The van der Waals surface area contributed by atoms with Crippen LogP contribution in [0, 0.1) is 0 Å². The first-order chi connectivity index (χ1) is 13.2. The second-order valence-corrected chi connectivity index (χ2v) is 7.94. The summed E-state index contributed by atoms with van der Waals surface area (Å²) < 4.78 is 0. The zero-order valence-corrected chi connectivity index (χ0v) is 15.9. The lowest BCUT2D eigenvalue weighted by molar-refractivity contribution is -0.0216. The summed E-state index contributed by atoms with van der Waals surface area (Å²) in [7, 11) is 0. The van der Waals surface area contributed by atoms with Crippen LogP contribution in [-0.2, 0) is 6.54 Å². The van der Waals surface area contributed by atoms with Gasteiger partial charge in [0.1, 0.15) is 0 Å². The highest BCUT2D eigenvalue weighted by atomic mass is 16.3. The Morgan fingerprint density at radius 2 is 1.56 bits per heavy atom. The van der Waals surface area contributed by atoms with Crippen molar-refractivity contribution in [1.29, 1.82) is 0 Å². The number of aliphatic hydroxyl groups is 1. The molecule has 0 spiro atoms. The van der Waals surface area contributed by atoms with Gasteiger partial charge in [0.25, 0.3) is 0 Å². The highest BCUT2D eigenvalue weighted by Gasteiger charge is 2.38. The number of nitrogens with one attached hydrogen (secondary N) is 1. The summed E-state index contributed by atoms with van der Waals surface area (Å²) in [6.45, 7) is 1.63. The van der Waals surface area contributed by atoms with E-state index in [1.165, 1.54) is 28.3 Å². The van der Waals surface area contributed by atoms with Crippen molar-refractivity contribution in [3.63, 3.8) is 0 Å². The largest absolute Gasteiger partial charge is 0.389 e. The van der Waals surface area contributed by atoms with Crippen molar-refractivity contribution < 1.29 is 6.53 Å². The third kappa shape index (κ3) is 4.23. The number of rotatable bonds is 6. The van der Waals surface area contributed by atoms with Crippen LogP contribution in [-0.4, -0.2) is 17.3 Å². The van der Waals surface area contributed by atoms with Crippen LogP contribution in [0.1, 0.15) is 50.6 Å². The van der Waals surface area contributed by atoms with Crippen molar-refractivity contribution in [3.8, 4) is 0 Å². The Morgan fingerprint density at radius 3 is 2.33 bits per heavy atom. The molecule has 1 atom stereocenters. The normalized spacial score (nSPS) is 17.7. The molecule has 1 aliphatic carbocycles. The smallest absolute Gasteiger partial charge is 0.0728 e. The van der Waals surface area contributed by atoms with E-state index in [2.05, 4.69) is 72.0 Å². The molecule has 2 heteroatoms. The first-order valence-electron chi connectivity index (χ1n) is 10.2. The molecule has 27 heavy (non-hydrogen) atoms. The highest BCUT2D eigenvalue weighted by Crippen LogP contribution is 2.40. The minimum atomic E-state index is -0.607.